The van der Waals surface area contributed by atoms with Crippen molar-refractivity contribution in [2.75, 3.05) is 7.11 Å². The molecule has 22 heavy (non-hydrogen) atoms. The van der Waals surface area contributed by atoms with Crippen molar-refractivity contribution in [2.45, 2.75) is 20.8 Å². The molecule has 3 nitrogen and oxygen atoms in total. The molecule has 0 N–H and O–H groups in total. The average molecular weight is 313 g/mol. The van der Waals surface area contributed by atoms with E-state index in [0.29, 0.717) is 5.15 Å². The van der Waals surface area contributed by atoms with E-state index in [9.17, 15) is 0 Å². The first-order valence-corrected chi connectivity index (χ1v) is 7.46. The molecule has 0 fully saturated rings. The first-order valence-electron chi connectivity index (χ1n) is 7.08. The zero-order valence-corrected chi connectivity index (χ0v) is 13.8. The van der Waals surface area contributed by atoms with Crippen LogP contribution in [0.25, 0.3) is 22.0 Å². The van der Waals surface area contributed by atoms with Gasteiger partial charge in [-0.2, -0.15) is 0 Å². The number of methoxy groups -OCH3 is 1. The molecule has 0 radical (unpaired) electrons. The minimum atomic E-state index is 0.480. The number of hydrogen-bond acceptors (Lipinski definition) is 3. The Kier molecular flexibility index (Phi) is 3.75. The lowest BCUT2D eigenvalue weighted by atomic mass is 9.92. The van der Waals surface area contributed by atoms with Crippen LogP contribution in [0.3, 0.4) is 0 Å². The second-order valence-electron chi connectivity index (χ2n) is 5.46. The van der Waals surface area contributed by atoms with Crippen LogP contribution in [0.15, 0.2) is 30.6 Å². The second kappa shape index (κ2) is 5.58. The largest absolute Gasteiger partial charge is 0.496 e. The smallest absolute Gasteiger partial charge is 0.140 e. The lowest BCUT2D eigenvalue weighted by molar-refractivity contribution is 0.412. The minimum Gasteiger partial charge on any atom is -0.496 e. The van der Waals surface area contributed by atoms with Crippen LogP contribution in [0, 0.1) is 20.8 Å². The Morgan fingerprint density at radius 3 is 2.55 bits per heavy atom. The Morgan fingerprint density at radius 2 is 1.82 bits per heavy atom. The zero-order valence-electron chi connectivity index (χ0n) is 13.1. The van der Waals surface area contributed by atoms with Crippen molar-refractivity contribution >= 4 is 22.5 Å². The minimum absolute atomic E-state index is 0.480. The van der Waals surface area contributed by atoms with Gasteiger partial charge in [0.05, 0.1) is 12.6 Å². The standard InChI is InChI=1S/C18H17ClN2O/c1-10-7-13(17-14(8-10)18(19)21-9-20-17)16-11(2)5-6-15(22-4)12(16)3/h5-9H,1-4H3. The number of benzene rings is 2. The first-order chi connectivity index (χ1) is 10.5. The summed E-state index contributed by atoms with van der Waals surface area (Å²) < 4.78 is 5.47. The molecule has 0 bridgehead atoms. The highest BCUT2D eigenvalue weighted by atomic mass is 35.5. The van der Waals surface area contributed by atoms with E-state index >= 15 is 0 Å². The van der Waals surface area contributed by atoms with E-state index < -0.39 is 0 Å². The molecule has 0 saturated heterocycles. The van der Waals surface area contributed by atoms with Gasteiger partial charge < -0.3 is 4.74 Å². The van der Waals surface area contributed by atoms with Crippen molar-refractivity contribution in [3.63, 3.8) is 0 Å². The number of halogens is 1. The summed E-state index contributed by atoms with van der Waals surface area (Å²) in [5.41, 5.74) is 6.48. The third-order valence-corrected chi connectivity index (χ3v) is 4.25. The normalized spacial score (nSPS) is 11.0. The van der Waals surface area contributed by atoms with E-state index in [4.69, 9.17) is 16.3 Å². The van der Waals surface area contributed by atoms with E-state index in [-0.39, 0.29) is 0 Å². The van der Waals surface area contributed by atoms with Gasteiger partial charge in [0.25, 0.3) is 0 Å². The Bertz CT molecular complexity index is 875. The number of ether oxygens (including phenoxy) is 1. The van der Waals surface area contributed by atoms with Crippen LogP contribution in [-0.2, 0) is 0 Å². The predicted molar refractivity (Wildman–Crippen MR) is 90.7 cm³/mol. The van der Waals surface area contributed by atoms with Gasteiger partial charge in [-0.25, -0.2) is 9.97 Å². The van der Waals surface area contributed by atoms with Crippen molar-refractivity contribution in [1.29, 1.82) is 0 Å². The molecule has 1 heterocycles. The number of hydrogen-bond donors (Lipinski definition) is 0. The summed E-state index contributed by atoms with van der Waals surface area (Å²) in [6.45, 7) is 6.22. The van der Waals surface area contributed by atoms with E-state index in [1.807, 2.05) is 12.1 Å². The van der Waals surface area contributed by atoms with Crippen LogP contribution in [0.1, 0.15) is 16.7 Å². The van der Waals surface area contributed by atoms with Crippen molar-refractivity contribution in [3.8, 4) is 16.9 Å². The Morgan fingerprint density at radius 1 is 1.05 bits per heavy atom. The molecule has 0 spiro atoms. The Labute approximate surface area is 134 Å². The Hall–Kier alpha value is -2.13. The number of nitrogens with zero attached hydrogens (tertiary/aromatic N) is 2. The fourth-order valence-electron chi connectivity index (χ4n) is 2.94. The van der Waals surface area contributed by atoms with E-state index in [2.05, 4.69) is 42.9 Å². The topological polar surface area (TPSA) is 35.0 Å². The van der Waals surface area contributed by atoms with Gasteiger partial charge in [0.1, 0.15) is 17.2 Å². The number of rotatable bonds is 2. The lowest BCUT2D eigenvalue weighted by Crippen LogP contribution is -1.96. The van der Waals surface area contributed by atoms with Gasteiger partial charge >= 0.3 is 0 Å². The van der Waals surface area contributed by atoms with Crippen LogP contribution >= 0.6 is 11.6 Å². The third kappa shape index (κ3) is 2.32. The van der Waals surface area contributed by atoms with Crippen molar-refractivity contribution < 1.29 is 4.74 Å². The maximum atomic E-state index is 6.25. The quantitative estimate of drug-likeness (QED) is 0.632. The molecule has 0 aliphatic rings. The molecule has 0 atom stereocenters. The first kappa shape index (κ1) is 14.8. The van der Waals surface area contributed by atoms with Crippen LogP contribution in [0.2, 0.25) is 5.15 Å². The number of aromatic nitrogens is 2. The Balaban J connectivity index is 2.43. The highest BCUT2D eigenvalue weighted by Gasteiger charge is 2.15. The summed E-state index contributed by atoms with van der Waals surface area (Å²) in [5, 5.41) is 1.36. The van der Waals surface area contributed by atoms with Crippen molar-refractivity contribution in [2.24, 2.45) is 0 Å². The van der Waals surface area contributed by atoms with Gasteiger partial charge in [-0.05, 0) is 61.2 Å². The summed E-state index contributed by atoms with van der Waals surface area (Å²) in [5.74, 6) is 0.871. The monoisotopic (exact) mass is 312 g/mol. The maximum Gasteiger partial charge on any atom is 0.140 e. The highest BCUT2D eigenvalue weighted by Crippen LogP contribution is 2.38. The molecule has 2 aromatic carbocycles. The molecular formula is C18H17ClN2O. The molecule has 0 unspecified atom stereocenters. The predicted octanol–water partition coefficient (Wildman–Crippen LogP) is 4.88. The summed E-state index contributed by atoms with van der Waals surface area (Å²) in [6, 6.07) is 8.22. The molecule has 3 rings (SSSR count). The molecule has 1 aromatic heterocycles. The molecule has 0 aliphatic heterocycles. The maximum absolute atomic E-state index is 6.25. The zero-order chi connectivity index (χ0) is 15.9. The van der Waals surface area contributed by atoms with E-state index in [1.165, 1.54) is 11.9 Å². The van der Waals surface area contributed by atoms with Crippen LogP contribution in [0.4, 0.5) is 0 Å². The summed E-state index contributed by atoms with van der Waals surface area (Å²) >= 11 is 6.25. The number of aryl methyl sites for hydroxylation is 2. The van der Waals surface area contributed by atoms with Crippen molar-refractivity contribution in [3.05, 3.63) is 52.4 Å². The van der Waals surface area contributed by atoms with Crippen LogP contribution in [0.5, 0.6) is 5.75 Å². The van der Waals surface area contributed by atoms with Gasteiger partial charge in [0.2, 0.25) is 0 Å². The molecule has 0 saturated carbocycles. The van der Waals surface area contributed by atoms with Crippen molar-refractivity contribution in [1.82, 2.24) is 9.97 Å². The molecule has 0 aliphatic carbocycles. The summed E-state index contributed by atoms with van der Waals surface area (Å²) in [4.78, 5) is 8.55. The second-order valence-corrected chi connectivity index (χ2v) is 5.82. The number of fused-ring (bicyclic) bond motifs is 1. The fourth-order valence-corrected chi connectivity index (χ4v) is 3.12. The molecule has 3 aromatic rings. The SMILES string of the molecule is COc1ccc(C)c(-c2cc(C)cc3c(Cl)ncnc23)c1C. The van der Waals surface area contributed by atoms with Gasteiger partial charge in [-0.15, -0.1) is 0 Å². The van der Waals surface area contributed by atoms with Gasteiger partial charge in [0, 0.05) is 10.9 Å². The van der Waals surface area contributed by atoms with E-state index in [1.54, 1.807) is 7.11 Å². The lowest BCUT2D eigenvalue weighted by Gasteiger charge is -2.16. The summed E-state index contributed by atoms with van der Waals surface area (Å²) in [7, 11) is 1.69. The molecular weight excluding hydrogens is 296 g/mol. The molecule has 0 amide bonds. The average Bonchev–Trinajstić information content (AvgIpc) is 2.48. The summed E-state index contributed by atoms with van der Waals surface area (Å²) in [6.07, 6.45) is 1.51. The highest BCUT2D eigenvalue weighted by molar-refractivity contribution is 6.34. The van der Waals surface area contributed by atoms with Crippen LogP contribution < -0.4 is 4.74 Å². The van der Waals surface area contributed by atoms with Gasteiger partial charge in [-0.3, -0.25) is 0 Å². The van der Waals surface area contributed by atoms with E-state index in [0.717, 1.165) is 38.9 Å². The fraction of sp³-hybridized carbons (Fsp3) is 0.222. The van der Waals surface area contributed by atoms with Crippen LogP contribution in [-0.4, -0.2) is 17.1 Å². The molecule has 112 valence electrons. The third-order valence-electron chi connectivity index (χ3n) is 3.95. The van der Waals surface area contributed by atoms with Gasteiger partial charge in [0.15, 0.2) is 0 Å². The van der Waals surface area contributed by atoms with Gasteiger partial charge in [-0.1, -0.05) is 17.7 Å². The molecule has 4 heteroatoms.